The van der Waals surface area contributed by atoms with Gasteiger partial charge >= 0.3 is 18.3 Å². The van der Waals surface area contributed by atoms with Gasteiger partial charge in [-0.2, -0.15) is 26.3 Å². The molecule has 230 valence electrons. The van der Waals surface area contributed by atoms with Crippen molar-refractivity contribution in [2.24, 2.45) is 0 Å². The summed E-state index contributed by atoms with van der Waals surface area (Å²) >= 11 is 22.5. The van der Waals surface area contributed by atoms with Crippen LogP contribution in [-0.4, -0.2) is 37.0 Å². The van der Waals surface area contributed by atoms with E-state index in [-0.39, 0.29) is 36.8 Å². The van der Waals surface area contributed by atoms with Crippen LogP contribution in [0, 0.1) is 0 Å². The normalized spacial score (nSPS) is 11.9. The van der Waals surface area contributed by atoms with Crippen LogP contribution < -0.4 is 0 Å². The average molecular weight is 696 g/mol. The Labute approximate surface area is 265 Å². The molecule has 4 nitrogen and oxygen atoms in total. The molecule has 4 aromatic carbocycles. The Hall–Kier alpha value is -3.57. The second kappa shape index (κ2) is 14.0. The van der Waals surface area contributed by atoms with Gasteiger partial charge < -0.3 is 4.74 Å². The first-order valence-corrected chi connectivity index (χ1v) is 13.4. The van der Waals surface area contributed by atoms with Crippen molar-refractivity contribution in [3.8, 4) is 0 Å². The van der Waals surface area contributed by atoms with Crippen LogP contribution in [-0.2, 0) is 4.74 Å². The van der Waals surface area contributed by atoms with Crippen molar-refractivity contribution in [2.45, 2.75) is 12.4 Å². The Morgan fingerprint density at radius 3 is 1.50 bits per heavy atom. The number of Topliss-reactive ketones (excluding diaryl/α,β-unsaturated/α-hetero) is 1. The van der Waals surface area contributed by atoms with Gasteiger partial charge in [0, 0.05) is 31.2 Å². The lowest BCUT2D eigenvalue weighted by atomic mass is 9.95. The fraction of sp³-hybridized carbons (Fsp3) is 0.100. The lowest BCUT2D eigenvalue weighted by Gasteiger charge is -2.13. The summed E-state index contributed by atoms with van der Waals surface area (Å²) in [6.45, 7) is 0. The van der Waals surface area contributed by atoms with E-state index in [0.717, 1.165) is 24.3 Å². The van der Waals surface area contributed by atoms with Crippen LogP contribution in [0.2, 0.25) is 20.1 Å². The van der Waals surface area contributed by atoms with Crippen molar-refractivity contribution in [2.75, 3.05) is 7.11 Å². The molecule has 0 unspecified atom stereocenters. The molecule has 0 N–H and O–H groups in total. The van der Waals surface area contributed by atoms with E-state index in [1.165, 1.54) is 31.4 Å². The maximum Gasteiger partial charge on any atom is 0.454 e. The van der Waals surface area contributed by atoms with Gasteiger partial charge in [-0.05, 0) is 70.9 Å². The summed E-state index contributed by atoms with van der Waals surface area (Å²) in [5.74, 6) is -3.46. The molecule has 0 bridgehead atoms. The second-order valence-corrected chi connectivity index (χ2v) is 10.5. The van der Waals surface area contributed by atoms with E-state index in [2.05, 4.69) is 0 Å². The highest BCUT2D eigenvalue weighted by Crippen LogP contribution is 2.37. The molecule has 0 fully saturated rings. The maximum atomic E-state index is 13.7. The van der Waals surface area contributed by atoms with E-state index in [1.54, 1.807) is 24.3 Å². The minimum Gasteiger partial charge on any atom is -0.465 e. The summed E-state index contributed by atoms with van der Waals surface area (Å²) < 4.78 is 81.7. The van der Waals surface area contributed by atoms with Crippen molar-refractivity contribution in [3.63, 3.8) is 0 Å². The standard InChI is InChI=1S/C22H13Cl2F3O3.C8H3Cl2F3O/c1-30-21(29)18-7-6-17(15-4-2-3-5-16(15)18)20(28)11-19(22(25,26)27)12-8-13(23)10-14(24)9-12;9-5-1-4(2-6(10)3-5)7(14)8(11,12)13/h2-11H,1H3;1-3H. The van der Waals surface area contributed by atoms with Crippen LogP contribution in [0.15, 0.2) is 78.9 Å². The number of alkyl halides is 6. The fourth-order valence-electron chi connectivity index (χ4n) is 3.90. The first kappa shape index (κ1) is 34.9. The molecule has 0 aliphatic rings. The number of carbonyl (C=O) groups is 3. The van der Waals surface area contributed by atoms with Gasteiger partial charge in [0.25, 0.3) is 5.78 Å². The van der Waals surface area contributed by atoms with Gasteiger partial charge in [-0.25, -0.2) is 4.79 Å². The number of esters is 1. The molecular formula is C30H16Cl4F6O4. The average Bonchev–Trinajstić information content (AvgIpc) is 2.92. The molecule has 0 spiro atoms. The zero-order valence-corrected chi connectivity index (χ0v) is 24.9. The molecule has 0 aliphatic heterocycles. The number of hydrogen-bond donors (Lipinski definition) is 0. The lowest BCUT2D eigenvalue weighted by molar-refractivity contribution is -0.0885. The van der Waals surface area contributed by atoms with Crippen LogP contribution in [0.25, 0.3) is 16.3 Å². The van der Waals surface area contributed by atoms with Crippen LogP contribution in [0.4, 0.5) is 26.3 Å². The molecular weight excluding hydrogens is 680 g/mol. The third-order valence-corrected chi connectivity index (χ3v) is 6.60. The van der Waals surface area contributed by atoms with Crippen LogP contribution in [0.1, 0.15) is 36.6 Å². The van der Waals surface area contributed by atoms with Gasteiger partial charge in [0.05, 0.1) is 18.2 Å². The number of allylic oxidation sites excluding steroid dienone is 2. The van der Waals surface area contributed by atoms with Crippen molar-refractivity contribution >= 4 is 80.3 Å². The van der Waals surface area contributed by atoms with Gasteiger partial charge in [-0.1, -0.05) is 70.7 Å². The summed E-state index contributed by atoms with van der Waals surface area (Å²) in [6.07, 6.45) is -9.24. The number of halogens is 10. The monoisotopic (exact) mass is 694 g/mol. The number of carbonyl (C=O) groups excluding carboxylic acids is 3. The smallest absolute Gasteiger partial charge is 0.454 e. The van der Waals surface area contributed by atoms with Gasteiger partial charge in [0.15, 0.2) is 5.78 Å². The van der Waals surface area contributed by atoms with Gasteiger partial charge in [-0.15, -0.1) is 0 Å². The predicted molar refractivity (Wildman–Crippen MR) is 157 cm³/mol. The molecule has 0 atom stereocenters. The van der Waals surface area contributed by atoms with E-state index in [0.29, 0.717) is 16.8 Å². The number of methoxy groups -OCH3 is 1. The molecule has 4 aromatic rings. The van der Waals surface area contributed by atoms with Crippen LogP contribution in [0.5, 0.6) is 0 Å². The molecule has 4 rings (SSSR count). The first-order chi connectivity index (χ1) is 20.4. The maximum absolute atomic E-state index is 13.7. The third-order valence-electron chi connectivity index (χ3n) is 5.73. The molecule has 0 saturated carbocycles. The molecule has 14 heteroatoms. The molecule has 0 amide bonds. The van der Waals surface area contributed by atoms with E-state index >= 15 is 0 Å². The Morgan fingerprint density at radius 1 is 0.636 bits per heavy atom. The minimum atomic E-state index is -4.91. The summed E-state index contributed by atoms with van der Waals surface area (Å²) in [7, 11) is 1.21. The fourth-order valence-corrected chi connectivity index (χ4v) is 4.95. The minimum absolute atomic E-state index is 0.00739. The van der Waals surface area contributed by atoms with Gasteiger partial charge in [-0.3, -0.25) is 9.59 Å². The van der Waals surface area contributed by atoms with Gasteiger partial charge in [0.1, 0.15) is 0 Å². The molecule has 0 aromatic heterocycles. The Bertz CT molecular complexity index is 1740. The summed E-state index contributed by atoms with van der Waals surface area (Å²) in [5, 5.41) is 0.714. The van der Waals surface area contributed by atoms with Crippen LogP contribution in [0.3, 0.4) is 0 Å². The Balaban J connectivity index is 0.000000317. The van der Waals surface area contributed by atoms with Crippen LogP contribution >= 0.6 is 46.4 Å². The molecule has 0 saturated heterocycles. The number of fused-ring (bicyclic) bond motifs is 1. The molecule has 44 heavy (non-hydrogen) atoms. The zero-order valence-electron chi connectivity index (χ0n) is 21.9. The predicted octanol–water partition coefficient (Wildman–Crippen LogP) is 10.5. The van der Waals surface area contributed by atoms with Crippen molar-refractivity contribution in [1.82, 2.24) is 0 Å². The van der Waals surface area contributed by atoms with Gasteiger partial charge in [0.2, 0.25) is 0 Å². The lowest BCUT2D eigenvalue weighted by Crippen LogP contribution is -2.22. The van der Waals surface area contributed by atoms with E-state index in [9.17, 15) is 40.7 Å². The zero-order chi connectivity index (χ0) is 33.0. The number of ketones is 2. The largest absolute Gasteiger partial charge is 0.465 e. The molecule has 0 aliphatic carbocycles. The highest BCUT2D eigenvalue weighted by molar-refractivity contribution is 6.35. The first-order valence-electron chi connectivity index (χ1n) is 11.9. The van der Waals surface area contributed by atoms with Crippen molar-refractivity contribution < 1.29 is 45.5 Å². The number of benzene rings is 4. The molecule has 0 heterocycles. The Morgan fingerprint density at radius 2 is 1.07 bits per heavy atom. The summed E-state index contributed by atoms with van der Waals surface area (Å²) in [6, 6.07) is 15.6. The highest BCUT2D eigenvalue weighted by Gasteiger charge is 2.39. The summed E-state index contributed by atoms with van der Waals surface area (Å²) in [5.41, 5.74) is -1.86. The quantitative estimate of drug-likeness (QED) is 0.0902. The SMILES string of the molecule is COC(=O)c1ccc(C(=O)C=C(c2cc(Cl)cc(Cl)c2)C(F)(F)F)c2ccccc12.O=C(c1cc(Cl)cc(Cl)c1)C(F)(F)F. The Kier molecular flexibility index (Phi) is 11.1. The highest BCUT2D eigenvalue weighted by atomic mass is 35.5. The third kappa shape index (κ3) is 8.75. The number of ether oxygens (including phenoxy) is 1. The van der Waals surface area contributed by atoms with E-state index in [4.69, 9.17) is 51.1 Å². The van der Waals surface area contributed by atoms with Crippen molar-refractivity contribution in [1.29, 1.82) is 0 Å². The van der Waals surface area contributed by atoms with Crippen molar-refractivity contribution in [3.05, 3.63) is 121 Å². The number of hydrogen-bond acceptors (Lipinski definition) is 4. The topological polar surface area (TPSA) is 60.4 Å². The number of rotatable bonds is 5. The summed E-state index contributed by atoms with van der Waals surface area (Å²) in [4.78, 5) is 35.6. The second-order valence-electron chi connectivity index (χ2n) is 8.76. The van der Waals surface area contributed by atoms with E-state index in [1.807, 2.05) is 0 Å². The molecule has 0 radical (unpaired) electrons. The van der Waals surface area contributed by atoms with E-state index < -0.39 is 41.0 Å².